The van der Waals surface area contributed by atoms with E-state index >= 15 is 0 Å². The predicted molar refractivity (Wildman–Crippen MR) is 91.9 cm³/mol. The lowest BCUT2D eigenvalue weighted by Gasteiger charge is -2.14. The van der Waals surface area contributed by atoms with Crippen LogP contribution in [0.1, 0.15) is 21.1 Å². The number of thiazole rings is 1. The van der Waals surface area contributed by atoms with Crippen molar-refractivity contribution in [1.82, 2.24) is 10.3 Å². The number of nitrogens with one attached hydrogen (secondary N) is 1. The lowest BCUT2D eigenvalue weighted by molar-refractivity contribution is -0.139. The minimum atomic E-state index is -1.16. The first-order chi connectivity index (χ1) is 11.4. The van der Waals surface area contributed by atoms with Gasteiger partial charge in [-0.15, -0.1) is 11.3 Å². The number of carboxylic acids is 1. The number of ether oxygens (including phenoxy) is 1. The van der Waals surface area contributed by atoms with Gasteiger partial charge >= 0.3 is 5.97 Å². The Labute approximate surface area is 152 Å². The monoisotopic (exact) mass is 388 g/mol. The predicted octanol–water partition coefficient (Wildman–Crippen LogP) is 3.02. The maximum atomic E-state index is 12.2. The van der Waals surface area contributed by atoms with Gasteiger partial charge in [-0.05, 0) is 23.8 Å². The van der Waals surface area contributed by atoms with Crippen molar-refractivity contribution in [3.8, 4) is 0 Å². The number of methoxy groups -OCH3 is 1. The van der Waals surface area contributed by atoms with Crippen LogP contribution in [-0.4, -0.2) is 35.1 Å². The lowest BCUT2D eigenvalue weighted by Crippen LogP contribution is -2.42. The van der Waals surface area contributed by atoms with Crippen LogP contribution >= 0.6 is 34.5 Å². The second-order valence-corrected chi connectivity index (χ2v) is 6.72. The standard InChI is InChI=1S/C15H14Cl2N2O4S/c1-23-6-13-18-12(7-24-13)14(20)19-11(15(21)22)4-8-2-9(16)5-10(17)3-8/h2-3,5,7,11H,4,6H2,1H3,(H,19,20)(H,21,22). The molecule has 1 atom stereocenters. The van der Waals surface area contributed by atoms with Crippen LogP contribution in [0.4, 0.5) is 0 Å². The highest BCUT2D eigenvalue weighted by molar-refractivity contribution is 7.09. The first kappa shape index (κ1) is 18.7. The summed E-state index contributed by atoms with van der Waals surface area (Å²) < 4.78 is 4.94. The molecule has 2 rings (SSSR count). The van der Waals surface area contributed by atoms with E-state index in [1.165, 1.54) is 18.4 Å². The van der Waals surface area contributed by atoms with Crippen molar-refractivity contribution in [1.29, 1.82) is 0 Å². The number of benzene rings is 1. The number of carbonyl (C=O) groups is 2. The van der Waals surface area contributed by atoms with Crippen LogP contribution in [0.5, 0.6) is 0 Å². The van der Waals surface area contributed by atoms with Gasteiger partial charge in [-0.2, -0.15) is 0 Å². The molecule has 1 unspecified atom stereocenters. The second-order valence-electron chi connectivity index (χ2n) is 4.91. The normalized spacial score (nSPS) is 12.0. The molecule has 9 heteroatoms. The summed E-state index contributed by atoms with van der Waals surface area (Å²) >= 11 is 13.1. The molecular formula is C15H14Cl2N2O4S. The molecule has 0 saturated carbocycles. The first-order valence-electron chi connectivity index (χ1n) is 6.81. The molecule has 0 radical (unpaired) electrons. The summed E-state index contributed by atoms with van der Waals surface area (Å²) in [5.41, 5.74) is 0.765. The molecule has 1 amide bonds. The van der Waals surface area contributed by atoms with Gasteiger partial charge in [0, 0.05) is 29.0 Å². The molecule has 0 bridgehead atoms. The zero-order valence-electron chi connectivity index (χ0n) is 12.6. The highest BCUT2D eigenvalue weighted by Gasteiger charge is 2.22. The zero-order valence-corrected chi connectivity index (χ0v) is 14.9. The molecule has 0 spiro atoms. The Morgan fingerprint density at radius 1 is 1.33 bits per heavy atom. The van der Waals surface area contributed by atoms with Crippen molar-refractivity contribution in [3.63, 3.8) is 0 Å². The smallest absolute Gasteiger partial charge is 0.326 e. The Hall–Kier alpha value is -1.67. The van der Waals surface area contributed by atoms with Crippen LogP contribution in [0.15, 0.2) is 23.6 Å². The van der Waals surface area contributed by atoms with Gasteiger partial charge in [-0.1, -0.05) is 23.2 Å². The Balaban J connectivity index is 2.09. The summed E-state index contributed by atoms with van der Waals surface area (Å²) in [5.74, 6) is -1.72. The van der Waals surface area contributed by atoms with Crippen molar-refractivity contribution < 1.29 is 19.4 Å². The van der Waals surface area contributed by atoms with E-state index in [0.29, 0.717) is 27.2 Å². The minimum Gasteiger partial charge on any atom is -0.480 e. The van der Waals surface area contributed by atoms with Crippen LogP contribution in [-0.2, 0) is 22.6 Å². The fraction of sp³-hybridized carbons (Fsp3) is 0.267. The highest BCUT2D eigenvalue weighted by Crippen LogP contribution is 2.20. The Bertz CT molecular complexity index is 731. The molecule has 2 N–H and O–H groups in total. The van der Waals surface area contributed by atoms with Crippen molar-refractivity contribution >= 4 is 46.4 Å². The van der Waals surface area contributed by atoms with Crippen LogP contribution in [0.25, 0.3) is 0 Å². The van der Waals surface area contributed by atoms with E-state index < -0.39 is 17.9 Å². The molecule has 0 aliphatic rings. The summed E-state index contributed by atoms with van der Waals surface area (Å²) in [5, 5.41) is 14.8. The third kappa shape index (κ3) is 5.17. The molecular weight excluding hydrogens is 375 g/mol. The van der Waals surface area contributed by atoms with Crippen molar-refractivity contribution in [2.45, 2.75) is 19.1 Å². The zero-order chi connectivity index (χ0) is 17.7. The fourth-order valence-electron chi connectivity index (χ4n) is 2.00. The van der Waals surface area contributed by atoms with Crippen LogP contribution in [0, 0.1) is 0 Å². The third-order valence-corrected chi connectivity index (χ3v) is 4.28. The molecule has 1 aromatic heterocycles. The maximum Gasteiger partial charge on any atom is 0.326 e. The summed E-state index contributed by atoms with van der Waals surface area (Å²) in [6.07, 6.45) is 0.0520. The van der Waals surface area contributed by atoms with Crippen molar-refractivity contribution in [2.24, 2.45) is 0 Å². The van der Waals surface area contributed by atoms with E-state index in [4.69, 9.17) is 27.9 Å². The summed E-state index contributed by atoms with van der Waals surface area (Å²) in [4.78, 5) is 27.7. The maximum absolute atomic E-state index is 12.2. The SMILES string of the molecule is COCc1nc(C(=O)NC(Cc2cc(Cl)cc(Cl)c2)C(=O)O)cs1. The topological polar surface area (TPSA) is 88.5 Å². The molecule has 2 aromatic rings. The number of rotatable bonds is 7. The van der Waals surface area contributed by atoms with E-state index in [9.17, 15) is 14.7 Å². The average molecular weight is 389 g/mol. The largest absolute Gasteiger partial charge is 0.480 e. The van der Waals surface area contributed by atoms with Crippen LogP contribution < -0.4 is 5.32 Å². The first-order valence-corrected chi connectivity index (χ1v) is 8.44. The second kappa shape index (κ2) is 8.43. The quantitative estimate of drug-likeness (QED) is 0.760. The van der Waals surface area contributed by atoms with Gasteiger partial charge in [0.1, 0.15) is 16.7 Å². The van der Waals surface area contributed by atoms with Gasteiger partial charge in [0.05, 0.1) is 6.61 Å². The van der Waals surface area contributed by atoms with Crippen molar-refractivity contribution in [3.05, 3.63) is 49.9 Å². The number of carbonyl (C=O) groups excluding carboxylic acids is 1. The number of hydrogen-bond acceptors (Lipinski definition) is 5. The third-order valence-electron chi connectivity index (χ3n) is 3.02. The summed E-state index contributed by atoms with van der Waals surface area (Å²) in [6, 6.07) is 3.64. The van der Waals surface area contributed by atoms with Gasteiger partial charge in [0.25, 0.3) is 5.91 Å². The molecule has 1 aromatic carbocycles. The number of amides is 1. The number of aromatic nitrogens is 1. The summed E-state index contributed by atoms with van der Waals surface area (Å²) in [7, 11) is 1.53. The van der Waals surface area contributed by atoms with Crippen LogP contribution in [0.2, 0.25) is 10.0 Å². The molecule has 24 heavy (non-hydrogen) atoms. The molecule has 0 saturated heterocycles. The molecule has 0 aliphatic heterocycles. The van der Waals surface area contributed by atoms with Gasteiger partial charge in [-0.3, -0.25) is 4.79 Å². The minimum absolute atomic E-state index is 0.0520. The number of hydrogen-bond donors (Lipinski definition) is 2. The van der Waals surface area contributed by atoms with Gasteiger partial charge < -0.3 is 15.2 Å². The number of aliphatic carboxylic acids is 1. The molecule has 0 fully saturated rings. The number of halogens is 2. The Morgan fingerprint density at radius 2 is 2.00 bits per heavy atom. The molecule has 6 nitrogen and oxygen atoms in total. The van der Waals surface area contributed by atoms with E-state index in [0.717, 1.165) is 0 Å². The Kier molecular flexibility index (Phi) is 6.56. The van der Waals surface area contributed by atoms with Gasteiger partial charge in [0.15, 0.2) is 0 Å². The van der Waals surface area contributed by atoms with E-state index in [1.54, 1.807) is 23.6 Å². The van der Waals surface area contributed by atoms with E-state index in [-0.39, 0.29) is 12.1 Å². The van der Waals surface area contributed by atoms with Crippen LogP contribution in [0.3, 0.4) is 0 Å². The van der Waals surface area contributed by atoms with E-state index in [1.807, 2.05) is 0 Å². The average Bonchev–Trinajstić information content (AvgIpc) is 2.94. The Morgan fingerprint density at radius 3 is 2.58 bits per heavy atom. The molecule has 1 heterocycles. The fourth-order valence-corrected chi connectivity index (χ4v) is 3.32. The van der Waals surface area contributed by atoms with Gasteiger partial charge in [-0.25, -0.2) is 9.78 Å². The molecule has 0 aliphatic carbocycles. The summed E-state index contributed by atoms with van der Waals surface area (Å²) in [6.45, 7) is 0.293. The number of carboxylic acid groups (broad SMARTS) is 1. The van der Waals surface area contributed by atoms with E-state index in [2.05, 4.69) is 10.3 Å². The lowest BCUT2D eigenvalue weighted by atomic mass is 10.1. The van der Waals surface area contributed by atoms with Gasteiger partial charge in [0.2, 0.25) is 0 Å². The van der Waals surface area contributed by atoms with Crippen molar-refractivity contribution in [2.75, 3.05) is 7.11 Å². The molecule has 128 valence electrons. The highest BCUT2D eigenvalue weighted by atomic mass is 35.5. The number of nitrogens with zero attached hydrogens (tertiary/aromatic N) is 1.